The van der Waals surface area contributed by atoms with Crippen molar-refractivity contribution in [1.29, 1.82) is 0 Å². The van der Waals surface area contributed by atoms with Gasteiger partial charge in [-0.2, -0.15) is 0 Å². The topological polar surface area (TPSA) is 77.2 Å². The maximum absolute atomic E-state index is 11.7. The highest BCUT2D eigenvalue weighted by molar-refractivity contribution is 7.91. The van der Waals surface area contributed by atoms with Gasteiger partial charge >= 0.3 is 0 Å². The molecule has 5 nitrogen and oxygen atoms in total. The van der Waals surface area contributed by atoms with Crippen LogP contribution in [-0.2, 0) is 9.84 Å². The number of aldehydes is 1. The zero-order valence-electron chi connectivity index (χ0n) is 8.05. The molecular weight excluding hydrogens is 218 g/mol. The van der Waals surface area contributed by atoms with E-state index in [-0.39, 0.29) is 17.3 Å². The number of nitrogens with zero attached hydrogens (tertiary/aromatic N) is 1. The van der Waals surface area contributed by atoms with Crippen molar-refractivity contribution >= 4 is 16.1 Å². The lowest BCUT2D eigenvalue weighted by atomic mass is 10.2. The van der Waals surface area contributed by atoms with Crippen LogP contribution >= 0.6 is 0 Å². The van der Waals surface area contributed by atoms with Crippen LogP contribution < -0.4 is 0 Å². The number of hydrogen-bond donors (Lipinski definition) is 0. The van der Waals surface area contributed by atoms with E-state index < -0.39 is 15.1 Å². The predicted molar refractivity (Wildman–Crippen MR) is 52.3 cm³/mol. The van der Waals surface area contributed by atoms with Crippen LogP contribution in [0.25, 0.3) is 0 Å². The van der Waals surface area contributed by atoms with Crippen molar-refractivity contribution < 1.29 is 17.6 Å². The Morgan fingerprint density at radius 3 is 2.87 bits per heavy atom. The fourth-order valence-electron chi connectivity index (χ4n) is 1.73. The van der Waals surface area contributed by atoms with Gasteiger partial charge in [-0.25, -0.2) is 13.4 Å². The van der Waals surface area contributed by atoms with Gasteiger partial charge < -0.3 is 4.42 Å². The van der Waals surface area contributed by atoms with Crippen LogP contribution in [0.2, 0.25) is 0 Å². The van der Waals surface area contributed by atoms with Gasteiger partial charge in [-0.3, -0.25) is 4.79 Å². The van der Waals surface area contributed by atoms with Crippen molar-refractivity contribution in [1.82, 2.24) is 4.98 Å². The molecule has 1 aromatic rings. The normalized spacial score (nSPS) is 24.9. The highest BCUT2D eigenvalue weighted by atomic mass is 32.2. The summed E-state index contributed by atoms with van der Waals surface area (Å²) in [7, 11) is -3.14. The minimum Gasteiger partial charge on any atom is -0.447 e. The van der Waals surface area contributed by atoms with Crippen LogP contribution in [0.3, 0.4) is 0 Å². The Morgan fingerprint density at radius 1 is 1.47 bits per heavy atom. The molecule has 1 aliphatic rings. The van der Waals surface area contributed by atoms with Crippen molar-refractivity contribution in [2.45, 2.75) is 24.5 Å². The molecule has 82 valence electrons. The Balaban J connectivity index is 2.32. The highest BCUT2D eigenvalue weighted by Crippen LogP contribution is 2.32. The van der Waals surface area contributed by atoms with E-state index in [1.807, 2.05) is 0 Å². The molecule has 1 atom stereocenters. The molecule has 6 heteroatoms. The van der Waals surface area contributed by atoms with Gasteiger partial charge in [0, 0.05) is 0 Å². The molecule has 0 radical (unpaired) electrons. The molecule has 0 amide bonds. The Bertz CT molecular complexity index is 462. The van der Waals surface area contributed by atoms with Gasteiger partial charge in [0.1, 0.15) is 17.2 Å². The largest absolute Gasteiger partial charge is 0.447 e. The molecule has 0 aromatic carbocycles. The van der Waals surface area contributed by atoms with Gasteiger partial charge in [0.05, 0.1) is 5.75 Å². The molecule has 2 heterocycles. The first-order valence-electron chi connectivity index (χ1n) is 4.75. The van der Waals surface area contributed by atoms with Crippen LogP contribution in [0.4, 0.5) is 0 Å². The molecule has 0 saturated carbocycles. The Hall–Kier alpha value is -1.17. The third-order valence-corrected chi connectivity index (χ3v) is 4.68. The first kappa shape index (κ1) is 10.4. The summed E-state index contributed by atoms with van der Waals surface area (Å²) in [4.78, 5) is 14.2. The molecule has 1 unspecified atom stereocenters. The molecule has 15 heavy (non-hydrogen) atoms. The second-order valence-corrected chi connectivity index (χ2v) is 5.88. The molecule has 0 bridgehead atoms. The Kier molecular flexibility index (Phi) is 2.60. The van der Waals surface area contributed by atoms with Crippen molar-refractivity contribution in [3.63, 3.8) is 0 Å². The average molecular weight is 229 g/mol. The summed E-state index contributed by atoms with van der Waals surface area (Å²) in [5.74, 6) is 0.327. The van der Waals surface area contributed by atoms with Crippen molar-refractivity contribution in [3.05, 3.63) is 17.8 Å². The summed E-state index contributed by atoms with van der Waals surface area (Å²) in [6.07, 6.45) is 3.80. The van der Waals surface area contributed by atoms with E-state index in [1.165, 1.54) is 6.26 Å². The lowest BCUT2D eigenvalue weighted by Crippen LogP contribution is -2.21. The number of oxazole rings is 1. The SMILES string of the molecule is O=Cc1coc(C2CCCCS2(=O)=O)n1. The van der Waals surface area contributed by atoms with E-state index in [9.17, 15) is 13.2 Å². The fraction of sp³-hybridized carbons (Fsp3) is 0.556. The van der Waals surface area contributed by atoms with E-state index in [0.717, 1.165) is 6.42 Å². The quantitative estimate of drug-likeness (QED) is 0.710. The van der Waals surface area contributed by atoms with Crippen LogP contribution in [0.15, 0.2) is 10.7 Å². The molecular formula is C9H11NO4S. The maximum atomic E-state index is 11.7. The molecule has 2 rings (SSSR count). The number of hydrogen-bond acceptors (Lipinski definition) is 5. The number of carbonyl (C=O) groups is 1. The number of sulfone groups is 1. The molecule has 1 aliphatic heterocycles. The zero-order chi connectivity index (χ0) is 10.9. The van der Waals surface area contributed by atoms with Crippen molar-refractivity contribution in [3.8, 4) is 0 Å². The first-order chi connectivity index (χ1) is 7.13. The highest BCUT2D eigenvalue weighted by Gasteiger charge is 2.33. The van der Waals surface area contributed by atoms with Gasteiger partial charge in [-0.1, -0.05) is 6.42 Å². The van der Waals surface area contributed by atoms with E-state index in [4.69, 9.17) is 4.42 Å². The standard InChI is InChI=1S/C9H11NO4S/c11-5-7-6-14-9(10-7)8-3-1-2-4-15(8,12)13/h5-6,8H,1-4H2. The minimum atomic E-state index is -3.14. The molecule has 1 saturated heterocycles. The van der Waals surface area contributed by atoms with Crippen molar-refractivity contribution in [2.24, 2.45) is 0 Å². The monoisotopic (exact) mass is 229 g/mol. The maximum Gasteiger partial charge on any atom is 0.213 e. The van der Waals surface area contributed by atoms with E-state index in [2.05, 4.69) is 4.98 Å². The lowest BCUT2D eigenvalue weighted by Gasteiger charge is -2.18. The number of carbonyl (C=O) groups excluding carboxylic acids is 1. The third kappa shape index (κ3) is 1.94. The molecule has 0 spiro atoms. The number of rotatable bonds is 2. The first-order valence-corrected chi connectivity index (χ1v) is 6.47. The van der Waals surface area contributed by atoms with Crippen LogP contribution in [-0.4, -0.2) is 25.4 Å². The molecule has 1 fully saturated rings. The van der Waals surface area contributed by atoms with E-state index in [0.29, 0.717) is 19.1 Å². The summed E-state index contributed by atoms with van der Waals surface area (Å²) in [5.41, 5.74) is 0.144. The van der Waals surface area contributed by atoms with Gasteiger partial charge in [-0.15, -0.1) is 0 Å². The lowest BCUT2D eigenvalue weighted by molar-refractivity contribution is 0.111. The second-order valence-electron chi connectivity index (χ2n) is 3.58. The van der Waals surface area contributed by atoms with E-state index in [1.54, 1.807) is 0 Å². The van der Waals surface area contributed by atoms with Crippen LogP contribution in [0.1, 0.15) is 40.9 Å². The molecule has 0 N–H and O–H groups in total. The summed E-state index contributed by atoms with van der Waals surface area (Å²) in [5, 5.41) is -0.667. The summed E-state index contributed by atoms with van der Waals surface area (Å²) >= 11 is 0. The molecule has 1 aromatic heterocycles. The number of aromatic nitrogens is 1. The van der Waals surface area contributed by atoms with Gasteiger partial charge in [0.2, 0.25) is 5.89 Å². The summed E-state index contributed by atoms with van der Waals surface area (Å²) < 4.78 is 28.4. The molecule has 0 aliphatic carbocycles. The smallest absolute Gasteiger partial charge is 0.213 e. The van der Waals surface area contributed by atoms with E-state index >= 15 is 0 Å². The zero-order valence-corrected chi connectivity index (χ0v) is 8.87. The predicted octanol–water partition coefficient (Wildman–Crippen LogP) is 1.13. The average Bonchev–Trinajstić information content (AvgIpc) is 2.65. The van der Waals surface area contributed by atoms with Gasteiger partial charge in [0.25, 0.3) is 0 Å². The summed E-state index contributed by atoms with van der Waals surface area (Å²) in [6.45, 7) is 0. The Labute approximate surface area is 87.4 Å². The van der Waals surface area contributed by atoms with Gasteiger partial charge in [0.15, 0.2) is 16.1 Å². The van der Waals surface area contributed by atoms with Crippen LogP contribution in [0, 0.1) is 0 Å². The third-order valence-electron chi connectivity index (χ3n) is 2.51. The second kappa shape index (κ2) is 3.77. The Morgan fingerprint density at radius 2 is 2.27 bits per heavy atom. The fourth-order valence-corrected chi connectivity index (χ4v) is 3.57. The minimum absolute atomic E-state index is 0.144. The van der Waals surface area contributed by atoms with Crippen LogP contribution in [0.5, 0.6) is 0 Å². The van der Waals surface area contributed by atoms with Gasteiger partial charge in [-0.05, 0) is 12.8 Å². The van der Waals surface area contributed by atoms with Crippen molar-refractivity contribution in [2.75, 3.05) is 5.75 Å². The summed E-state index contributed by atoms with van der Waals surface area (Å²) in [6, 6.07) is 0.